The molecule has 0 heterocycles. The van der Waals surface area contributed by atoms with Crippen molar-refractivity contribution < 1.29 is 5.11 Å². The fourth-order valence-electron chi connectivity index (χ4n) is 1.75. The Balaban J connectivity index is 2.24. The van der Waals surface area contributed by atoms with E-state index in [1.54, 1.807) is 0 Å². The highest BCUT2D eigenvalue weighted by Gasteiger charge is 2.16. The van der Waals surface area contributed by atoms with Gasteiger partial charge in [-0.05, 0) is 37.8 Å². The first-order valence-corrected chi connectivity index (χ1v) is 6.53. The second-order valence-electron chi connectivity index (χ2n) is 5.13. The Morgan fingerprint density at radius 2 is 1.94 bits per heavy atom. The summed E-state index contributed by atoms with van der Waals surface area (Å²) in [5.74, 6) is 0.565. The molecule has 1 aromatic carbocycles. The Kier molecular flexibility index (Phi) is 5.66. The third kappa shape index (κ3) is 5.33. The van der Waals surface area contributed by atoms with Gasteiger partial charge < -0.3 is 10.4 Å². The number of hydrogen-bond donors (Lipinski definition) is 2. The molecule has 2 nitrogen and oxygen atoms in total. The maximum atomic E-state index is 9.84. The van der Waals surface area contributed by atoms with E-state index in [1.807, 2.05) is 19.9 Å². The van der Waals surface area contributed by atoms with E-state index in [0.29, 0.717) is 12.5 Å². The highest BCUT2D eigenvalue weighted by Crippen LogP contribution is 2.17. The third-order valence-electron chi connectivity index (χ3n) is 3.39. The molecule has 0 radical (unpaired) electrons. The molecule has 0 spiro atoms. The predicted octanol–water partition coefficient (Wildman–Crippen LogP) is 2.93. The van der Waals surface area contributed by atoms with E-state index >= 15 is 0 Å². The minimum Gasteiger partial charge on any atom is -0.389 e. The minimum absolute atomic E-state index is 0.565. The molecule has 0 aliphatic heterocycles. The molecule has 2 N–H and O–H groups in total. The second-order valence-corrected chi connectivity index (χ2v) is 5.13. The zero-order chi connectivity index (χ0) is 12.7. The standard InChI is InChI=1S/C15H25NO/c1-4-15(3,17)12-16-11-10-13(2)14-8-6-5-7-9-14/h5-9,13,16-17H,4,10-12H2,1-3H3. The first-order valence-electron chi connectivity index (χ1n) is 6.53. The van der Waals surface area contributed by atoms with E-state index in [0.717, 1.165) is 19.4 Å². The molecule has 0 bridgehead atoms. The lowest BCUT2D eigenvalue weighted by Gasteiger charge is -2.22. The molecule has 0 aliphatic carbocycles. The molecule has 1 aromatic rings. The van der Waals surface area contributed by atoms with Gasteiger partial charge >= 0.3 is 0 Å². The van der Waals surface area contributed by atoms with Crippen molar-refractivity contribution in [2.75, 3.05) is 13.1 Å². The predicted molar refractivity (Wildman–Crippen MR) is 73.3 cm³/mol. The highest BCUT2D eigenvalue weighted by atomic mass is 16.3. The van der Waals surface area contributed by atoms with Crippen LogP contribution in [0, 0.1) is 0 Å². The molecule has 0 aliphatic rings. The molecule has 0 aromatic heterocycles. The van der Waals surface area contributed by atoms with Gasteiger partial charge in [0.1, 0.15) is 0 Å². The van der Waals surface area contributed by atoms with Crippen LogP contribution in [0.2, 0.25) is 0 Å². The summed E-state index contributed by atoms with van der Waals surface area (Å²) in [5.41, 5.74) is 0.812. The molecule has 2 heteroatoms. The molecule has 0 fully saturated rings. The Morgan fingerprint density at radius 1 is 1.29 bits per heavy atom. The SMILES string of the molecule is CCC(C)(O)CNCCC(C)c1ccccc1. The number of rotatable bonds is 7. The zero-order valence-corrected chi connectivity index (χ0v) is 11.2. The van der Waals surface area contributed by atoms with Crippen LogP contribution in [0.15, 0.2) is 30.3 Å². The maximum absolute atomic E-state index is 9.84. The van der Waals surface area contributed by atoms with Gasteiger partial charge in [0.2, 0.25) is 0 Å². The van der Waals surface area contributed by atoms with Crippen molar-refractivity contribution in [2.45, 2.75) is 45.1 Å². The van der Waals surface area contributed by atoms with Crippen LogP contribution < -0.4 is 5.32 Å². The summed E-state index contributed by atoms with van der Waals surface area (Å²) in [6, 6.07) is 10.6. The summed E-state index contributed by atoms with van der Waals surface area (Å²) < 4.78 is 0. The first-order chi connectivity index (χ1) is 8.05. The second kappa shape index (κ2) is 6.77. The van der Waals surface area contributed by atoms with Crippen molar-refractivity contribution in [2.24, 2.45) is 0 Å². The average molecular weight is 235 g/mol. The Hall–Kier alpha value is -0.860. The molecule has 96 valence electrons. The average Bonchev–Trinajstić information content (AvgIpc) is 2.35. The van der Waals surface area contributed by atoms with Gasteiger partial charge in [0.15, 0.2) is 0 Å². The van der Waals surface area contributed by atoms with Crippen LogP contribution in [0.1, 0.15) is 45.1 Å². The van der Waals surface area contributed by atoms with Crippen LogP contribution in [0.25, 0.3) is 0 Å². The van der Waals surface area contributed by atoms with E-state index in [4.69, 9.17) is 0 Å². The van der Waals surface area contributed by atoms with Gasteiger partial charge in [-0.15, -0.1) is 0 Å². The number of aliphatic hydroxyl groups is 1. The van der Waals surface area contributed by atoms with Gasteiger partial charge in [-0.3, -0.25) is 0 Å². The maximum Gasteiger partial charge on any atom is 0.0740 e. The van der Waals surface area contributed by atoms with Crippen LogP contribution >= 0.6 is 0 Å². The third-order valence-corrected chi connectivity index (χ3v) is 3.39. The lowest BCUT2D eigenvalue weighted by atomic mass is 9.97. The van der Waals surface area contributed by atoms with Crippen molar-refractivity contribution in [3.8, 4) is 0 Å². The normalized spacial score (nSPS) is 16.5. The zero-order valence-electron chi connectivity index (χ0n) is 11.2. The van der Waals surface area contributed by atoms with E-state index in [2.05, 4.69) is 36.5 Å². The molecular formula is C15H25NO. The minimum atomic E-state index is -0.573. The molecule has 17 heavy (non-hydrogen) atoms. The summed E-state index contributed by atoms with van der Waals surface area (Å²) in [6.07, 6.45) is 1.89. The van der Waals surface area contributed by atoms with Gasteiger partial charge in [-0.2, -0.15) is 0 Å². The Morgan fingerprint density at radius 3 is 2.53 bits per heavy atom. The fraction of sp³-hybridized carbons (Fsp3) is 0.600. The summed E-state index contributed by atoms with van der Waals surface area (Å²) in [5, 5.41) is 13.2. The monoisotopic (exact) mass is 235 g/mol. The van der Waals surface area contributed by atoms with Crippen molar-refractivity contribution >= 4 is 0 Å². The van der Waals surface area contributed by atoms with Crippen LogP contribution in [-0.4, -0.2) is 23.8 Å². The molecule has 0 saturated heterocycles. The van der Waals surface area contributed by atoms with Gasteiger partial charge in [-0.1, -0.05) is 44.2 Å². The molecular weight excluding hydrogens is 210 g/mol. The largest absolute Gasteiger partial charge is 0.389 e. The summed E-state index contributed by atoms with van der Waals surface area (Å²) >= 11 is 0. The van der Waals surface area contributed by atoms with Gasteiger partial charge in [0.25, 0.3) is 0 Å². The van der Waals surface area contributed by atoms with Gasteiger partial charge in [0, 0.05) is 6.54 Å². The topological polar surface area (TPSA) is 32.3 Å². The highest BCUT2D eigenvalue weighted by molar-refractivity contribution is 5.18. The van der Waals surface area contributed by atoms with E-state index < -0.39 is 5.60 Å². The van der Waals surface area contributed by atoms with Crippen molar-refractivity contribution in [3.05, 3.63) is 35.9 Å². The quantitative estimate of drug-likeness (QED) is 0.712. The van der Waals surface area contributed by atoms with Crippen LogP contribution in [0.4, 0.5) is 0 Å². The van der Waals surface area contributed by atoms with Crippen molar-refractivity contribution in [3.63, 3.8) is 0 Å². The molecule has 0 amide bonds. The van der Waals surface area contributed by atoms with Gasteiger partial charge in [-0.25, -0.2) is 0 Å². The summed E-state index contributed by atoms with van der Waals surface area (Å²) in [4.78, 5) is 0. The molecule has 1 rings (SSSR count). The number of hydrogen-bond acceptors (Lipinski definition) is 2. The number of benzene rings is 1. The lowest BCUT2D eigenvalue weighted by molar-refractivity contribution is 0.0559. The molecule has 2 unspecified atom stereocenters. The summed E-state index contributed by atoms with van der Waals surface area (Å²) in [7, 11) is 0. The van der Waals surface area contributed by atoms with Gasteiger partial charge in [0.05, 0.1) is 5.60 Å². The number of nitrogens with one attached hydrogen (secondary N) is 1. The smallest absolute Gasteiger partial charge is 0.0740 e. The lowest BCUT2D eigenvalue weighted by Crippen LogP contribution is -2.37. The molecule has 0 saturated carbocycles. The Labute approximate surface area is 105 Å². The van der Waals surface area contributed by atoms with E-state index in [1.165, 1.54) is 5.56 Å². The van der Waals surface area contributed by atoms with E-state index in [9.17, 15) is 5.11 Å². The molecule has 2 atom stereocenters. The van der Waals surface area contributed by atoms with Crippen LogP contribution in [0.3, 0.4) is 0 Å². The van der Waals surface area contributed by atoms with E-state index in [-0.39, 0.29) is 0 Å². The van der Waals surface area contributed by atoms with Crippen molar-refractivity contribution in [1.29, 1.82) is 0 Å². The summed E-state index contributed by atoms with van der Waals surface area (Å²) in [6.45, 7) is 7.75. The Bertz CT molecular complexity index is 308. The first kappa shape index (κ1) is 14.2. The fourth-order valence-corrected chi connectivity index (χ4v) is 1.75. The van der Waals surface area contributed by atoms with Crippen LogP contribution in [-0.2, 0) is 0 Å². The van der Waals surface area contributed by atoms with Crippen molar-refractivity contribution in [1.82, 2.24) is 5.32 Å². The van der Waals surface area contributed by atoms with Crippen LogP contribution in [0.5, 0.6) is 0 Å².